The van der Waals surface area contributed by atoms with Crippen LogP contribution in [-0.4, -0.2) is 38.0 Å². The molecule has 0 aliphatic carbocycles. The van der Waals surface area contributed by atoms with Crippen LogP contribution in [0.5, 0.6) is 0 Å². The molecule has 5 nitrogen and oxygen atoms in total. The molecule has 0 saturated carbocycles. The Balaban J connectivity index is 2.04. The van der Waals surface area contributed by atoms with Crippen molar-refractivity contribution >= 4 is 33.2 Å². The monoisotopic (exact) mass is 334 g/mol. The molecule has 1 aliphatic rings. The number of piperidine rings is 1. The van der Waals surface area contributed by atoms with E-state index in [0.29, 0.717) is 25.1 Å². The summed E-state index contributed by atoms with van der Waals surface area (Å²) in [4.78, 5) is 12.2. The molecule has 21 heavy (non-hydrogen) atoms. The molecule has 1 aromatic carbocycles. The summed E-state index contributed by atoms with van der Waals surface area (Å²) in [6.45, 7) is 0.602. The first kappa shape index (κ1) is 16.2. The van der Waals surface area contributed by atoms with E-state index >= 15 is 0 Å². The Morgan fingerprint density at radius 2 is 2.19 bits per heavy atom. The number of carbonyl (C=O) groups is 1. The highest BCUT2D eigenvalue weighted by Crippen LogP contribution is 2.23. The van der Waals surface area contributed by atoms with Gasteiger partial charge in [-0.3, -0.25) is 4.79 Å². The maximum atomic E-state index is 13.1. The molecule has 1 unspecified atom stereocenters. The molecule has 1 atom stereocenters. The van der Waals surface area contributed by atoms with Gasteiger partial charge in [-0.2, -0.15) is 0 Å². The van der Waals surface area contributed by atoms with E-state index in [9.17, 15) is 17.6 Å². The van der Waals surface area contributed by atoms with Crippen molar-refractivity contribution in [1.29, 1.82) is 0 Å². The van der Waals surface area contributed by atoms with Gasteiger partial charge >= 0.3 is 0 Å². The zero-order valence-corrected chi connectivity index (χ0v) is 13.0. The van der Waals surface area contributed by atoms with Gasteiger partial charge in [-0.25, -0.2) is 17.1 Å². The van der Waals surface area contributed by atoms with E-state index in [4.69, 9.17) is 11.6 Å². The van der Waals surface area contributed by atoms with Crippen LogP contribution in [0.4, 0.5) is 10.1 Å². The second kappa shape index (κ2) is 6.29. The van der Waals surface area contributed by atoms with Gasteiger partial charge in [0.2, 0.25) is 15.9 Å². The predicted molar refractivity (Wildman–Crippen MR) is 79.2 cm³/mol. The molecule has 1 heterocycles. The van der Waals surface area contributed by atoms with Gasteiger partial charge in [0.1, 0.15) is 5.82 Å². The number of nitrogens with zero attached hydrogens (tertiary/aromatic N) is 1. The third-order valence-electron chi connectivity index (χ3n) is 3.41. The number of rotatable bonds is 3. The molecular weight excluding hydrogens is 319 g/mol. The highest BCUT2D eigenvalue weighted by Gasteiger charge is 2.30. The van der Waals surface area contributed by atoms with Crippen LogP contribution in [0.25, 0.3) is 0 Å². The van der Waals surface area contributed by atoms with Crippen LogP contribution in [0.3, 0.4) is 0 Å². The molecule has 0 bridgehead atoms. The lowest BCUT2D eigenvalue weighted by Gasteiger charge is -2.30. The molecule has 0 spiro atoms. The number of amides is 1. The van der Waals surface area contributed by atoms with Crippen LogP contribution in [0, 0.1) is 11.7 Å². The maximum absolute atomic E-state index is 13.1. The Bertz CT molecular complexity index is 651. The normalized spacial score (nSPS) is 20.2. The van der Waals surface area contributed by atoms with Crippen LogP contribution in [-0.2, 0) is 14.8 Å². The fourth-order valence-corrected chi connectivity index (χ4v) is 3.37. The molecule has 1 amide bonds. The van der Waals surface area contributed by atoms with Crippen molar-refractivity contribution in [2.45, 2.75) is 12.8 Å². The summed E-state index contributed by atoms with van der Waals surface area (Å²) in [7, 11) is -3.29. The summed E-state index contributed by atoms with van der Waals surface area (Å²) < 4.78 is 37.4. The van der Waals surface area contributed by atoms with Gasteiger partial charge in [-0.1, -0.05) is 11.6 Å². The average molecular weight is 335 g/mol. The summed E-state index contributed by atoms with van der Waals surface area (Å²) in [5.41, 5.74) is 0.392. The number of halogens is 2. The Kier molecular flexibility index (Phi) is 4.85. The molecule has 1 aromatic rings. The number of nitrogens with one attached hydrogen (secondary N) is 1. The van der Waals surface area contributed by atoms with E-state index in [-0.39, 0.29) is 17.5 Å². The summed E-state index contributed by atoms with van der Waals surface area (Å²) in [5.74, 6) is -1.26. The zero-order chi connectivity index (χ0) is 15.6. The number of benzene rings is 1. The lowest BCUT2D eigenvalue weighted by Crippen LogP contribution is -2.43. The van der Waals surface area contributed by atoms with Crippen molar-refractivity contribution in [3.05, 3.63) is 29.0 Å². The summed E-state index contributed by atoms with van der Waals surface area (Å²) in [6.07, 6.45) is 2.38. The first-order valence-electron chi connectivity index (χ1n) is 6.48. The largest absolute Gasteiger partial charge is 0.326 e. The number of anilines is 1. The van der Waals surface area contributed by atoms with Crippen LogP contribution in [0.2, 0.25) is 5.02 Å². The van der Waals surface area contributed by atoms with Crippen LogP contribution >= 0.6 is 11.6 Å². The van der Waals surface area contributed by atoms with Crippen molar-refractivity contribution in [3.8, 4) is 0 Å². The molecule has 0 aromatic heterocycles. The second-order valence-corrected chi connectivity index (χ2v) is 7.47. The number of sulfonamides is 1. The highest BCUT2D eigenvalue weighted by atomic mass is 35.5. The third kappa shape index (κ3) is 4.15. The summed E-state index contributed by atoms with van der Waals surface area (Å²) >= 11 is 5.65. The van der Waals surface area contributed by atoms with Gasteiger partial charge in [-0.15, -0.1) is 0 Å². The minimum atomic E-state index is -3.29. The van der Waals surface area contributed by atoms with E-state index < -0.39 is 21.8 Å². The SMILES string of the molecule is CS(=O)(=O)N1CCCC(C(=O)Nc2ccc(F)c(Cl)c2)C1. The Hall–Kier alpha value is -1.18. The molecule has 0 radical (unpaired) electrons. The molecule has 1 saturated heterocycles. The van der Waals surface area contributed by atoms with E-state index in [1.54, 1.807) is 0 Å². The van der Waals surface area contributed by atoms with Crippen molar-refractivity contribution in [1.82, 2.24) is 4.31 Å². The van der Waals surface area contributed by atoms with E-state index in [1.807, 2.05) is 0 Å². The van der Waals surface area contributed by atoms with E-state index in [1.165, 1.54) is 22.5 Å². The number of carbonyl (C=O) groups excluding carboxylic acids is 1. The molecule has 116 valence electrons. The van der Waals surface area contributed by atoms with Crippen LogP contribution in [0.15, 0.2) is 18.2 Å². The quantitative estimate of drug-likeness (QED) is 0.920. The summed E-state index contributed by atoms with van der Waals surface area (Å²) in [5, 5.41) is 2.57. The third-order valence-corrected chi connectivity index (χ3v) is 4.97. The zero-order valence-electron chi connectivity index (χ0n) is 11.5. The standard InChI is InChI=1S/C13H16ClFN2O3S/c1-21(19,20)17-6-2-3-9(8-17)13(18)16-10-4-5-12(15)11(14)7-10/h4-5,7,9H,2-3,6,8H2,1H3,(H,16,18). The molecule has 1 aliphatic heterocycles. The van der Waals surface area contributed by atoms with Crippen molar-refractivity contribution in [3.63, 3.8) is 0 Å². The van der Waals surface area contributed by atoms with Crippen molar-refractivity contribution < 1.29 is 17.6 Å². The van der Waals surface area contributed by atoms with Gasteiger partial charge in [-0.05, 0) is 31.0 Å². The topological polar surface area (TPSA) is 66.5 Å². The molecule has 1 fully saturated rings. The minimum Gasteiger partial charge on any atom is -0.326 e. The second-order valence-electron chi connectivity index (χ2n) is 5.08. The van der Waals surface area contributed by atoms with Gasteiger partial charge < -0.3 is 5.32 Å². The van der Waals surface area contributed by atoms with E-state index in [2.05, 4.69) is 5.32 Å². The lowest BCUT2D eigenvalue weighted by molar-refractivity contribution is -0.120. The fourth-order valence-electron chi connectivity index (χ4n) is 2.28. The average Bonchev–Trinajstić information content (AvgIpc) is 2.42. The van der Waals surface area contributed by atoms with Crippen molar-refractivity contribution in [2.24, 2.45) is 5.92 Å². The fraction of sp³-hybridized carbons (Fsp3) is 0.462. The highest BCUT2D eigenvalue weighted by molar-refractivity contribution is 7.88. The van der Waals surface area contributed by atoms with Crippen molar-refractivity contribution in [2.75, 3.05) is 24.7 Å². The van der Waals surface area contributed by atoms with Gasteiger partial charge in [0.05, 0.1) is 17.2 Å². The smallest absolute Gasteiger partial charge is 0.228 e. The Morgan fingerprint density at radius 3 is 2.81 bits per heavy atom. The van der Waals surface area contributed by atoms with Gasteiger partial charge in [0.15, 0.2) is 0 Å². The number of hydrogen-bond acceptors (Lipinski definition) is 3. The minimum absolute atomic E-state index is 0.0748. The van der Waals surface area contributed by atoms with Gasteiger partial charge in [0.25, 0.3) is 0 Å². The van der Waals surface area contributed by atoms with Crippen LogP contribution in [0.1, 0.15) is 12.8 Å². The molecule has 2 rings (SSSR count). The lowest BCUT2D eigenvalue weighted by atomic mass is 9.99. The molecule has 8 heteroatoms. The number of hydrogen-bond donors (Lipinski definition) is 1. The van der Waals surface area contributed by atoms with E-state index in [0.717, 1.165) is 6.26 Å². The van der Waals surface area contributed by atoms with Crippen LogP contribution < -0.4 is 5.32 Å². The molecular formula is C13H16ClFN2O3S. The summed E-state index contributed by atoms with van der Waals surface area (Å²) in [6, 6.07) is 3.91. The Morgan fingerprint density at radius 1 is 1.48 bits per heavy atom. The van der Waals surface area contributed by atoms with Gasteiger partial charge in [0, 0.05) is 18.8 Å². The maximum Gasteiger partial charge on any atom is 0.228 e. The molecule has 1 N–H and O–H groups in total. The Labute approximate surface area is 128 Å². The predicted octanol–water partition coefficient (Wildman–Crippen LogP) is 2.09. The first-order chi connectivity index (χ1) is 9.77. The first-order valence-corrected chi connectivity index (χ1v) is 8.71.